The minimum Gasteiger partial charge on any atom is -0.496 e. The normalized spacial score (nSPS) is 19.5. The molecule has 2 aromatic carbocycles. The highest BCUT2D eigenvalue weighted by Crippen LogP contribution is 2.34. The van der Waals surface area contributed by atoms with Crippen molar-refractivity contribution in [2.45, 2.75) is 6.04 Å². The molecule has 2 aromatic rings. The fourth-order valence-electron chi connectivity index (χ4n) is 3.55. The number of likely N-dealkylation sites (N-methyl/N-ethyl adjacent to an activating group) is 1. The summed E-state index contributed by atoms with van der Waals surface area (Å²) >= 11 is 0. The second-order valence-corrected chi connectivity index (χ2v) is 6.56. The Morgan fingerprint density at radius 1 is 1.12 bits per heavy atom. The number of amides is 1. The standard InChI is InChI=1S/C20H22N2O4/c1-21-9-10-22(12-16(21)15-5-3-4-6-17(15)24-2)20(23)14-7-8-18-19(11-14)26-13-25-18/h3-8,11,16H,9-10,12-13H2,1-2H3. The van der Waals surface area contributed by atoms with Crippen LogP contribution in [-0.2, 0) is 0 Å². The lowest BCUT2D eigenvalue weighted by molar-refractivity contribution is 0.0542. The number of carbonyl (C=O) groups is 1. The highest BCUT2D eigenvalue weighted by atomic mass is 16.7. The summed E-state index contributed by atoms with van der Waals surface area (Å²) < 4.78 is 16.2. The molecule has 2 heterocycles. The summed E-state index contributed by atoms with van der Waals surface area (Å²) in [5, 5.41) is 0. The van der Waals surface area contributed by atoms with E-state index in [1.54, 1.807) is 25.3 Å². The molecule has 26 heavy (non-hydrogen) atoms. The first-order valence-electron chi connectivity index (χ1n) is 8.69. The molecule has 0 radical (unpaired) electrons. The molecule has 136 valence electrons. The molecule has 0 aliphatic carbocycles. The Morgan fingerprint density at radius 2 is 1.92 bits per heavy atom. The lowest BCUT2D eigenvalue weighted by Gasteiger charge is -2.40. The lowest BCUT2D eigenvalue weighted by Crippen LogP contribution is -2.49. The number of benzene rings is 2. The fraction of sp³-hybridized carbons (Fsp3) is 0.350. The summed E-state index contributed by atoms with van der Waals surface area (Å²) in [6, 6.07) is 13.4. The molecule has 0 spiro atoms. The zero-order chi connectivity index (χ0) is 18.1. The molecule has 0 bridgehead atoms. The molecule has 0 saturated carbocycles. The van der Waals surface area contributed by atoms with E-state index in [9.17, 15) is 4.79 Å². The van der Waals surface area contributed by atoms with Gasteiger partial charge in [-0.05, 0) is 31.3 Å². The van der Waals surface area contributed by atoms with Gasteiger partial charge in [0.1, 0.15) is 5.75 Å². The number of fused-ring (bicyclic) bond motifs is 1. The SMILES string of the molecule is COc1ccccc1C1CN(C(=O)c2ccc3c(c2)OCO3)CCN1C. The van der Waals surface area contributed by atoms with Crippen LogP contribution in [0.4, 0.5) is 0 Å². The van der Waals surface area contributed by atoms with Crippen LogP contribution in [-0.4, -0.2) is 56.3 Å². The van der Waals surface area contributed by atoms with E-state index in [2.05, 4.69) is 18.0 Å². The number of piperazine rings is 1. The van der Waals surface area contributed by atoms with Crippen molar-refractivity contribution < 1.29 is 19.0 Å². The smallest absolute Gasteiger partial charge is 0.254 e. The van der Waals surface area contributed by atoms with Crippen LogP contribution in [0.2, 0.25) is 0 Å². The van der Waals surface area contributed by atoms with Gasteiger partial charge in [-0.3, -0.25) is 9.69 Å². The van der Waals surface area contributed by atoms with Crippen molar-refractivity contribution in [1.29, 1.82) is 0 Å². The number of hydrogen-bond donors (Lipinski definition) is 0. The molecule has 4 rings (SSSR count). The third-order valence-corrected chi connectivity index (χ3v) is 5.05. The van der Waals surface area contributed by atoms with Gasteiger partial charge in [0.05, 0.1) is 13.2 Å². The Labute approximate surface area is 152 Å². The Morgan fingerprint density at radius 3 is 2.77 bits per heavy atom. The van der Waals surface area contributed by atoms with E-state index in [1.807, 2.05) is 23.1 Å². The van der Waals surface area contributed by atoms with Crippen LogP contribution in [0.3, 0.4) is 0 Å². The number of para-hydroxylation sites is 1. The second-order valence-electron chi connectivity index (χ2n) is 6.56. The summed E-state index contributed by atoms with van der Waals surface area (Å²) in [6.07, 6.45) is 0. The second kappa shape index (κ2) is 6.88. The molecular weight excluding hydrogens is 332 g/mol. The Balaban J connectivity index is 1.57. The van der Waals surface area contributed by atoms with Gasteiger partial charge in [-0.2, -0.15) is 0 Å². The van der Waals surface area contributed by atoms with E-state index in [1.165, 1.54) is 0 Å². The predicted octanol–water partition coefficient (Wildman–Crippen LogP) is 2.55. The van der Waals surface area contributed by atoms with Gasteiger partial charge in [-0.25, -0.2) is 0 Å². The Hall–Kier alpha value is -2.73. The van der Waals surface area contributed by atoms with E-state index < -0.39 is 0 Å². The summed E-state index contributed by atoms with van der Waals surface area (Å²) in [5.41, 5.74) is 1.72. The third-order valence-electron chi connectivity index (χ3n) is 5.05. The zero-order valence-electron chi connectivity index (χ0n) is 15.0. The van der Waals surface area contributed by atoms with Gasteiger partial charge >= 0.3 is 0 Å². The van der Waals surface area contributed by atoms with Crippen LogP contribution in [0.25, 0.3) is 0 Å². The number of ether oxygens (including phenoxy) is 3. The highest BCUT2D eigenvalue weighted by Gasteiger charge is 2.31. The summed E-state index contributed by atoms with van der Waals surface area (Å²) in [7, 11) is 3.76. The monoisotopic (exact) mass is 354 g/mol. The summed E-state index contributed by atoms with van der Waals surface area (Å²) in [5.74, 6) is 2.18. The first-order chi connectivity index (χ1) is 12.7. The topological polar surface area (TPSA) is 51.2 Å². The van der Waals surface area contributed by atoms with Crippen molar-refractivity contribution in [1.82, 2.24) is 9.80 Å². The maximum atomic E-state index is 13.0. The molecule has 1 fully saturated rings. The van der Waals surface area contributed by atoms with E-state index in [-0.39, 0.29) is 18.7 Å². The molecule has 6 heteroatoms. The van der Waals surface area contributed by atoms with E-state index in [0.717, 1.165) is 17.9 Å². The third kappa shape index (κ3) is 2.97. The summed E-state index contributed by atoms with van der Waals surface area (Å²) in [4.78, 5) is 17.2. The van der Waals surface area contributed by atoms with Crippen LogP contribution in [0.1, 0.15) is 22.0 Å². The average molecular weight is 354 g/mol. The van der Waals surface area contributed by atoms with Gasteiger partial charge in [0.15, 0.2) is 11.5 Å². The molecule has 1 unspecified atom stereocenters. The summed E-state index contributed by atoms with van der Waals surface area (Å²) in [6.45, 7) is 2.32. The molecule has 2 aliphatic rings. The predicted molar refractivity (Wildman–Crippen MR) is 96.8 cm³/mol. The largest absolute Gasteiger partial charge is 0.496 e. The van der Waals surface area contributed by atoms with Gasteiger partial charge < -0.3 is 19.1 Å². The zero-order valence-corrected chi connectivity index (χ0v) is 15.0. The maximum absolute atomic E-state index is 13.0. The Kier molecular flexibility index (Phi) is 4.42. The minimum atomic E-state index is 0.0105. The van der Waals surface area contributed by atoms with Gasteiger partial charge in [-0.15, -0.1) is 0 Å². The maximum Gasteiger partial charge on any atom is 0.254 e. The van der Waals surface area contributed by atoms with E-state index in [0.29, 0.717) is 30.2 Å². The number of rotatable bonds is 3. The highest BCUT2D eigenvalue weighted by molar-refractivity contribution is 5.95. The molecule has 1 amide bonds. The van der Waals surface area contributed by atoms with Crippen molar-refractivity contribution in [3.05, 3.63) is 53.6 Å². The number of nitrogens with zero attached hydrogens (tertiary/aromatic N) is 2. The molecular formula is C20H22N2O4. The number of methoxy groups -OCH3 is 1. The van der Waals surface area contributed by atoms with Gasteiger partial charge in [-0.1, -0.05) is 18.2 Å². The number of carbonyl (C=O) groups excluding carboxylic acids is 1. The van der Waals surface area contributed by atoms with Gasteiger partial charge in [0.2, 0.25) is 6.79 Å². The van der Waals surface area contributed by atoms with Gasteiger partial charge in [0, 0.05) is 30.8 Å². The van der Waals surface area contributed by atoms with E-state index in [4.69, 9.17) is 14.2 Å². The Bertz CT molecular complexity index is 823. The van der Waals surface area contributed by atoms with Crippen molar-refractivity contribution in [2.75, 3.05) is 40.6 Å². The molecule has 6 nitrogen and oxygen atoms in total. The lowest BCUT2D eigenvalue weighted by atomic mass is 10.0. The molecule has 1 atom stereocenters. The first-order valence-corrected chi connectivity index (χ1v) is 8.69. The molecule has 2 aliphatic heterocycles. The number of hydrogen-bond acceptors (Lipinski definition) is 5. The van der Waals surface area contributed by atoms with Crippen molar-refractivity contribution in [3.8, 4) is 17.2 Å². The quantitative estimate of drug-likeness (QED) is 0.848. The van der Waals surface area contributed by atoms with Crippen LogP contribution in [0.15, 0.2) is 42.5 Å². The van der Waals surface area contributed by atoms with Crippen molar-refractivity contribution >= 4 is 5.91 Å². The first kappa shape index (κ1) is 16.7. The van der Waals surface area contributed by atoms with Crippen molar-refractivity contribution in [3.63, 3.8) is 0 Å². The van der Waals surface area contributed by atoms with Crippen LogP contribution in [0, 0.1) is 0 Å². The molecule has 1 saturated heterocycles. The fourth-order valence-corrected chi connectivity index (χ4v) is 3.55. The molecule has 0 aromatic heterocycles. The van der Waals surface area contributed by atoms with E-state index >= 15 is 0 Å². The van der Waals surface area contributed by atoms with Gasteiger partial charge in [0.25, 0.3) is 5.91 Å². The van der Waals surface area contributed by atoms with Crippen LogP contribution in [0.5, 0.6) is 17.2 Å². The average Bonchev–Trinajstić information content (AvgIpc) is 3.15. The van der Waals surface area contributed by atoms with Crippen LogP contribution >= 0.6 is 0 Å². The minimum absolute atomic E-state index is 0.0105. The van der Waals surface area contributed by atoms with Crippen molar-refractivity contribution in [2.24, 2.45) is 0 Å². The molecule has 0 N–H and O–H groups in total. The van der Waals surface area contributed by atoms with Crippen LogP contribution < -0.4 is 14.2 Å².